The van der Waals surface area contributed by atoms with Crippen LogP contribution in [0.25, 0.3) is 184 Å². The quantitative estimate of drug-likeness (QED) is 0.154. The van der Waals surface area contributed by atoms with Crippen LogP contribution < -0.4 is 0 Å². The summed E-state index contributed by atoms with van der Waals surface area (Å²) < 4.78 is 12.3. The fourth-order valence-corrected chi connectivity index (χ4v) is 15.7. The topological polar surface area (TPSA) is 118 Å². The summed E-state index contributed by atoms with van der Waals surface area (Å²) in [4.78, 5) is 33.5. The van der Waals surface area contributed by atoms with Crippen LogP contribution in [0.3, 0.4) is 0 Å². The Labute approximate surface area is 621 Å². The molecule has 0 saturated heterocycles. The molecule has 0 atom stereocenters. The molecule has 0 aliphatic rings. The molecule has 1 N–H and O–H groups in total. The fourth-order valence-electron chi connectivity index (χ4n) is 15.4. The molecule has 0 unspecified atom stereocenters. The monoisotopic (exact) mass is 1440 g/mol. The molecule has 0 aliphatic carbocycles. The van der Waals surface area contributed by atoms with E-state index in [0.717, 1.165) is 87.2 Å². The van der Waals surface area contributed by atoms with Gasteiger partial charge in [-0.05, 0) is 97.1 Å². The molecule has 0 bridgehead atoms. The summed E-state index contributed by atoms with van der Waals surface area (Å²) in [6, 6.07) is 122. The van der Waals surface area contributed by atoms with E-state index in [1.165, 1.54) is 65.6 Å². The second kappa shape index (κ2) is 26.3. The number of aromatic nitrogens is 12. The molecule has 0 spiro atoms. The smallest absolute Gasteiger partial charge is 0.238 e. The number of para-hydroxylation sites is 6. The molecule has 8 heterocycles. The Balaban J connectivity index is 0.000000118. The minimum absolute atomic E-state index is 0.580. The van der Waals surface area contributed by atoms with E-state index >= 15 is 0 Å². The number of rotatable bonds is 9. The highest BCUT2D eigenvalue weighted by Crippen LogP contribution is 2.42. The van der Waals surface area contributed by atoms with Crippen LogP contribution in [0.2, 0.25) is 0 Å². The number of nitrogens with one attached hydrogen (secondary N) is 1. The highest BCUT2D eigenvalue weighted by molar-refractivity contribution is 9.10. The molecular formula is C94H61BrN12. The first-order valence-electron chi connectivity index (χ1n) is 35.6. The number of H-pyrrole nitrogens is 1. The summed E-state index contributed by atoms with van der Waals surface area (Å²) >= 11 is 3.62. The van der Waals surface area contributed by atoms with Gasteiger partial charge in [-0.2, -0.15) is 19.9 Å². The molecule has 22 aromatic rings. The third kappa shape index (κ3) is 11.0. The van der Waals surface area contributed by atoms with Crippen LogP contribution in [-0.2, 0) is 0 Å². The Kier molecular flexibility index (Phi) is 15.4. The van der Waals surface area contributed by atoms with Crippen molar-refractivity contribution in [1.82, 2.24) is 57.7 Å². The summed E-state index contributed by atoms with van der Waals surface area (Å²) in [5.41, 5.74) is 18.5. The van der Waals surface area contributed by atoms with E-state index in [1.54, 1.807) is 0 Å². The first kappa shape index (κ1) is 62.6. The van der Waals surface area contributed by atoms with Gasteiger partial charge < -0.3 is 18.7 Å². The lowest BCUT2D eigenvalue weighted by atomic mass is 10.1. The Bertz CT molecular complexity index is 7010. The van der Waals surface area contributed by atoms with Crippen molar-refractivity contribution in [2.24, 2.45) is 0 Å². The van der Waals surface area contributed by atoms with E-state index in [4.69, 9.17) is 29.9 Å². The van der Waals surface area contributed by atoms with Crippen LogP contribution in [-0.4, -0.2) is 57.7 Å². The van der Waals surface area contributed by atoms with Gasteiger partial charge in [0.2, 0.25) is 11.9 Å². The van der Waals surface area contributed by atoms with Crippen molar-refractivity contribution >= 4 is 125 Å². The van der Waals surface area contributed by atoms with Gasteiger partial charge in [0.15, 0.2) is 23.3 Å². The number of fused-ring (bicyclic) bond motifs is 16. The van der Waals surface area contributed by atoms with Crippen molar-refractivity contribution in [2.75, 3.05) is 0 Å². The van der Waals surface area contributed by atoms with E-state index in [1.807, 2.05) is 133 Å². The number of nitrogens with zero attached hydrogens (tertiary/aromatic N) is 11. The van der Waals surface area contributed by atoms with Gasteiger partial charge in [-0.1, -0.05) is 271 Å². The van der Waals surface area contributed by atoms with Gasteiger partial charge in [-0.15, -0.1) is 0 Å². The molecule has 8 aromatic heterocycles. The third-order valence-corrected chi connectivity index (χ3v) is 20.7. The minimum Gasteiger partial charge on any atom is -0.353 e. The lowest BCUT2D eigenvalue weighted by Crippen LogP contribution is -2.06. The molecular weight excluding hydrogens is 1380 g/mol. The second-order valence-electron chi connectivity index (χ2n) is 26.5. The SMILES string of the molecule is Brc1ccc2c(c1)c1ccccc1n2-c1nc(-c2ccccc2)nc(-c2ccccc2)n1.c1ccc(-c2nc(-c3ccccc3)nc(-n3c4ccccc4c4cc(-n5c6ccccc6c6ccc7ccn(-c8ccccc8)c7c65)ccc43)n2)cc1.c1ccc(-n2ccc3ccc4c5ccccc5[nH]c4c32)cc1. The van der Waals surface area contributed by atoms with Crippen LogP contribution in [0.1, 0.15) is 0 Å². The zero-order valence-corrected chi connectivity index (χ0v) is 59.0. The van der Waals surface area contributed by atoms with E-state index in [-0.39, 0.29) is 0 Å². The fraction of sp³-hybridized carbons (Fsp3) is 0. The molecule has 0 amide bonds. The van der Waals surface area contributed by atoms with Gasteiger partial charge in [-0.25, -0.2) is 9.97 Å². The Morgan fingerprint density at radius 3 is 1.11 bits per heavy atom. The van der Waals surface area contributed by atoms with Crippen molar-refractivity contribution in [3.63, 3.8) is 0 Å². The van der Waals surface area contributed by atoms with Gasteiger partial charge in [0.1, 0.15) is 0 Å². The maximum atomic E-state index is 5.13. The van der Waals surface area contributed by atoms with Gasteiger partial charge >= 0.3 is 0 Å². The number of hydrogen-bond acceptors (Lipinski definition) is 6. The average molecular weight is 1440 g/mol. The first-order chi connectivity index (χ1) is 53.0. The minimum atomic E-state index is 0.580. The van der Waals surface area contributed by atoms with Crippen molar-refractivity contribution in [3.05, 3.63) is 369 Å². The first-order valence-corrected chi connectivity index (χ1v) is 36.4. The van der Waals surface area contributed by atoms with Gasteiger partial charge in [-0.3, -0.25) is 9.13 Å². The average Bonchev–Trinajstić information content (AvgIpc) is 1.56. The van der Waals surface area contributed by atoms with Gasteiger partial charge in [0, 0.05) is 116 Å². The highest BCUT2D eigenvalue weighted by atomic mass is 79.9. The van der Waals surface area contributed by atoms with E-state index in [0.29, 0.717) is 35.2 Å². The lowest BCUT2D eigenvalue weighted by Gasteiger charge is -2.13. The summed E-state index contributed by atoms with van der Waals surface area (Å²) in [5.74, 6) is 3.75. The van der Waals surface area contributed by atoms with Gasteiger partial charge in [0.25, 0.3) is 0 Å². The third-order valence-electron chi connectivity index (χ3n) is 20.2. The predicted octanol–water partition coefficient (Wildman–Crippen LogP) is 23.7. The molecule has 0 aliphatic heterocycles. The molecule has 22 rings (SSSR count). The van der Waals surface area contributed by atoms with E-state index in [9.17, 15) is 0 Å². The standard InChI is InChI=1S/C47H30N6.C27H17BrN4.C20H14N2/c1-4-14-32(15-5-1)45-48-46(33-16-6-2-7-17-33)50-47(49-45)53-41-23-13-11-21-37(41)39-30-35(25-27-42(39)53)52-40-22-12-10-20-36(40)38-26-24-31-28-29-51(43(31)44(38)52)34-18-8-3-9-19-34;28-20-15-16-24-22(17-20)21-13-7-8-14-23(21)32(24)27-30-25(18-9-3-1-4-10-18)29-26(31-27)19-11-5-2-6-12-19;1-2-6-15(7-3-1)22-13-12-14-10-11-17-16-8-4-5-9-18(16)21-19(17)20(14)22/h1-30H;1-17H;1-13,21H. The molecule has 13 heteroatoms. The molecule has 0 fully saturated rings. The Morgan fingerprint density at radius 1 is 0.243 bits per heavy atom. The van der Waals surface area contributed by atoms with Crippen molar-refractivity contribution in [2.45, 2.75) is 0 Å². The van der Waals surface area contributed by atoms with E-state index < -0.39 is 0 Å². The second-order valence-corrected chi connectivity index (χ2v) is 27.4. The summed E-state index contributed by atoms with van der Waals surface area (Å²) in [6.45, 7) is 0. The molecule has 0 saturated carbocycles. The van der Waals surface area contributed by atoms with Crippen molar-refractivity contribution in [3.8, 4) is 74.5 Å². The maximum Gasteiger partial charge on any atom is 0.238 e. The molecule has 12 nitrogen and oxygen atoms in total. The highest BCUT2D eigenvalue weighted by Gasteiger charge is 2.24. The van der Waals surface area contributed by atoms with Crippen LogP contribution in [0.5, 0.6) is 0 Å². The molecule has 107 heavy (non-hydrogen) atoms. The summed E-state index contributed by atoms with van der Waals surface area (Å²) in [5, 5.41) is 12.0. The number of hydrogen-bond donors (Lipinski definition) is 1. The molecule has 504 valence electrons. The normalized spacial score (nSPS) is 11.6. The largest absolute Gasteiger partial charge is 0.353 e. The zero-order valence-electron chi connectivity index (χ0n) is 57.4. The number of benzene rings is 14. The number of aromatic amines is 1. The predicted molar refractivity (Wildman–Crippen MR) is 442 cm³/mol. The van der Waals surface area contributed by atoms with Crippen LogP contribution in [0, 0.1) is 0 Å². The van der Waals surface area contributed by atoms with Crippen LogP contribution >= 0.6 is 15.9 Å². The summed E-state index contributed by atoms with van der Waals surface area (Å²) in [7, 11) is 0. The Hall–Kier alpha value is -14.1. The Morgan fingerprint density at radius 2 is 0.617 bits per heavy atom. The zero-order chi connectivity index (χ0) is 70.9. The lowest BCUT2D eigenvalue weighted by molar-refractivity contribution is 0.953. The number of halogens is 1. The maximum absolute atomic E-state index is 5.13. The van der Waals surface area contributed by atoms with Crippen LogP contribution in [0.4, 0.5) is 0 Å². The van der Waals surface area contributed by atoms with Crippen molar-refractivity contribution < 1.29 is 0 Å². The van der Waals surface area contributed by atoms with Crippen molar-refractivity contribution in [1.29, 1.82) is 0 Å². The summed E-state index contributed by atoms with van der Waals surface area (Å²) in [6.07, 6.45) is 4.32. The van der Waals surface area contributed by atoms with Crippen LogP contribution in [0.15, 0.2) is 369 Å². The van der Waals surface area contributed by atoms with E-state index in [2.05, 4.69) is 275 Å². The molecule has 14 aromatic carbocycles. The van der Waals surface area contributed by atoms with Gasteiger partial charge in [0.05, 0.1) is 49.7 Å². The molecule has 0 radical (unpaired) electrons.